The van der Waals surface area contributed by atoms with E-state index in [1.54, 1.807) is 12.4 Å². The molecule has 7 rings (SSSR count). The summed E-state index contributed by atoms with van der Waals surface area (Å²) in [5, 5.41) is 1.09. The molecule has 0 spiro atoms. The maximum absolute atomic E-state index is 6.17. The smallest absolute Gasteiger partial charge is 0.135 e. The van der Waals surface area contributed by atoms with Crippen LogP contribution in [0.25, 0.3) is 55.9 Å². The van der Waals surface area contributed by atoms with Gasteiger partial charge in [0.15, 0.2) is 0 Å². The van der Waals surface area contributed by atoms with E-state index in [0.717, 1.165) is 50.4 Å². The molecule has 4 heteroatoms. The van der Waals surface area contributed by atoms with Crippen LogP contribution in [-0.2, 0) is 20.1 Å². The van der Waals surface area contributed by atoms with Crippen LogP contribution in [-0.4, -0.2) is 9.97 Å². The molecule has 3 aromatic heterocycles. The summed E-state index contributed by atoms with van der Waals surface area (Å²) in [7, 11) is 0. The predicted octanol–water partition coefficient (Wildman–Crippen LogP) is 9.18. The fourth-order valence-electron chi connectivity index (χ4n) is 4.35. The van der Waals surface area contributed by atoms with Crippen molar-refractivity contribution in [2.75, 3.05) is 0 Å². The second-order valence-electron chi connectivity index (χ2n) is 8.93. The third-order valence-corrected chi connectivity index (χ3v) is 6.30. The number of pyridine rings is 2. The number of benzene rings is 4. The van der Waals surface area contributed by atoms with Gasteiger partial charge in [-0.1, -0.05) is 72.3 Å². The first kappa shape index (κ1) is 27.0. The standard InChI is InChI=1S/C25H16NO.C11H8N.Ir/c1-2-7-18(8-3-1)19-12-13-22-17-25(27-24(22)16-19)21-10-6-9-20(15-21)23-11-4-5-14-26-23;1-2-6-10(7-3-1)11-8-4-5-9-12-11;/h1-8,10-17H;1-6,8-9H;/q2*-1;. The first-order valence-electron chi connectivity index (χ1n) is 12.7. The van der Waals surface area contributed by atoms with Crippen LogP contribution >= 0.6 is 0 Å². The average Bonchev–Trinajstić information content (AvgIpc) is 3.47. The van der Waals surface area contributed by atoms with Gasteiger partial charge in [0.25, 0.3) is 0 Å². The van der Waals surface area contributed by atoms with Crippen molar-refractivity contribution in [3.8, 4) is 45.0 Å². The molecule has 4 aromatic carbocycles. The van der Waals surface area contributed by atoms with Crippen LogP contribution in [0, 0.1) is 12.1 Å². The summed E-state index contributed by atoms with van der Waals surface area (Å²) in [5.74, 6) is 0.849. The number of aromatic nitrogens is 2. The molecule has 1 radical (unpaired) electrons. The van der Waals surface area contributed by atoms with Gasteiger partial charge in [-0.2, -0.15) is 0 Å². The zero-order valence-corrected chi connectivity index (χ0v) is 23.9. The van der Waals surface area contributed by atoms with Crippen molar-refractivity contribution in [2.24, 2.45) is 0 Å². The third-order valence-electron chi connectivity index (χ3n) is 6.30. The Morgan fingerprint density at radius 1 is 0.500 bits per heavy atom. The molecule has 0 N–H and O–H groups in total. The zero-order chi connectivity index (χ0) is 26.3. The molecule has 0 aliphatic heterocycles. The second kappa shape index (κ2) is 12.9. The number of furan rings is 1. The van der Waals surface area contributed by atoms with Crippen LogP contribution < -0.4 is 0 Å². The van der Waals surface area contributed by atoms with Crippen molar-refractivity contribution >= 4 is 11.0 Å². The monoisotopic (exact) mass is 693 g/mol. The minimum atomic E-state index is 0. The summed E-state index contributed by atoms with van der Waals surface area (Å²) in [5.41, 5.74) is 8.12. The number of nitrogens with zero attached hydrogens (tertiary/aromatic N) is 2. The molecule has 3 heterocycles. The Bertz CT molecular complexity index is 1750. The van der Waals surface area contributed by atoms with Gasteiger partial charge < -0.3 is 14.4 Å². The van der Waals surface area contributed by atoms with Gasteiger partial charge in [-0.05, 0) is 46.8 Å². The fraction of sp³-hybridized carbons (Fsp3) is 0. The topological polar surface area (TPSA) is 38.9 Å². The molecule has 0 unspecified atom stereocenters. The van der Waals surface area contributed by atoms with Crippen molar-refractivity contribution < 1.29 is 24.5 Å². The van der Waals surface area contributed by atoms with E-state index < -0.39 is 0 Å². The second-order valence-corrected chi connectivity index (χ2v) is 8.93. The summed E-state index contributed by atoms with van der Waals surface area (Å²) in [4.78, 5) is 8.63. The van der Waals surface area contributed by atoms with Crippen LogP contribution in [0.4, 0.5) is 0 Å². The van der Waals surface area contributed by atoms with Gasteiger partial charge in [0, 0.05) is 37.9 Å². The van der Waals surface area contributed by atoms with Gasteiger partial charge in [-0.25, -0.2) is 0 Å². The normalized spacial score (nSPS) is 10.3. The van der Waals surface area contributed by atoms with E-state index >= 15 is 0 Å². The van der Waals surface area contributed by atoms with Crippen LogP contribution in [0.1, 0.15) is 0 Å². The van der Waals surface area contributed by atoms with Crippen LogP contribution in [0.5, 0.6) is 0 Å². The Balaban J connectivity index is 0.000000209. The Morgan fingerprint density at radius 3 is 1.90 bits per heavy atom. The number of rotatable bonds is 4. The summed E-state index contributed by atoms with van der Waals surface area (Å²) in [6, 6.07) is 50.7. The summed E-state index contributed by atoms with van der Waals surface area (Å²) in [6.07, 6.45) is 3.58. The largest absolute Gasteiger partial charge is 0.458 e. The molecule has 3 nitrogen and oxygen atoms in total. The van der Waals surface area contributed by atoms with E-state index in [2.05, 4.69) is 64.6 Å². The molecule has 195 valence electrons. The predicted molar refractivity (Wildman–Crippen MR) is 158 cm³/mol. The van der Waals surface area contributed by atoms with Crippen molar-refractivity contribution in [1.29, 1.82) is 0 Å². The SMILES string of the molecule is [Ir].[c-]1ccc(-c2cc3ccc(-c4ccccc4)cc3o2)cc1-c1ccccn1.[c-]1ccccc1-c1ccccn1. The number of fused-ring (bicyclic) bond motifs is 1. The molecule has 7 aromatic rings. The third kappa shape index (κ3) is 6.32. The van der Waals surface area contributed by atoms with Crippen molar-refractivity contribution in [2.45, 2.75) is 0 Å². The van der Waals surface area contributed by atoms with Gasteiger partial charge in [-0.15, -0.1) is 65.7 Å². The molecule has 40 heavy (non-hydrogen) atoms. The maximum Gasteiger partial charge on any atom is 0.135 e. The summed E-state index contributed by atoms with van der Waals surface area (Å²) in [6.45, 7) is 0. The Morgan fingerprint density at radius 2 is 1.20 bits per heavy atom. The molecule has 0 amide bonds. The van der Waals surface area contributed by atoms with Crippen LogP contribution in [0.2, 0.25) is 0 Å². The van der Waals surface area contributed by atoms with Gasteiger partial charge in [0.2, 0.25) is 0 Å². The first-order chi connectivity index (χ1) is 19.3. The number of hydrogen-bond donors (Lipinski definition) is 0. The molecular formula is C36H24IrN2O-2. The van der Waals surface area contributed by atoms with Crippen LogP contribution in [0.3, 0.4) is 0 Å². The fourth-order valence-corrected chi connectivity index (χ4v) is 4.35. The first-order valence-corrected chi connectivity index (χ1v) is 12.7. The van der Waals surface area contributed by atoms with E-state index in [9.17, 15) is 0 Å². The molecule has 0 fully saturated rings. The van der Waals surface area contributed by atoms with E-state index in [4.69, 9.17) is 4.42 Å². The minimum absolute atomic E-state index is 0. The molecule has 0 aliphatic carbocycles. The van der Waals surface area contributed by atoms with E-state index in [-0.39, 0.29) is 20.1 Å². The Kier molecular flexibility index (Phi) is 8.72. The van der Waals surface area contributed by atoms with Crippen molar-refractivity contribution in [3.05, 3.63) is 158 Å². The van der Waals surface area contributed by atoms with Gasteiger partial charge in [0.05, 0.1) is 0 Å². The van der Waals surface area contributed by atoms with Crippen molar-refractivity contribution in [3.63, 3.8) is 0 Å². The molecule has 0 bridgehead atoms. The number of hydrogen-bond acceptors (Lipinski definition) is 3. The van der Waals surface area contributed by atoms with E-state index in [1.807, 2.05) is 91.0 Å². The summed E-state index contributed by atoms with van der Waals surface area (Å²) >= 11 is 0. The Hall–Kier alpha value is -4.63. The Labute approximate surface area is 247 Å². The van der Waals surface area contributed by atoms with Gasteiger partial charge in [-0.3, -0.25) is 0 Å². The molecule has 0 saturated heterocycles. The molecular weight excluding hydrogens is 669 g/mol. The zero-order valence-electron chi connectivity index (χ0n) is 21.5. The average molecular weight is 693 g/mol. The molecule has 0 aliphatic rings. The molecule has 0 saturated carbocycles. The maximum atomic E-state index is 6.17. The van der Waals surface area contributed by atoms with Crippen LogP contribution in [0.15, 0.2) is 150 Å². The minimum Gasteiger partial charge on any atom is -0.458 e. The summed E-state index contributed by atoms with van der Waals surface area (Å²) < 4.78 is 6.17. The van der Waals surface area contributed by atoms with Gasteiger partial charge in [0.1, 0.15) is 11.3 Å². The van der Waals surface area contributed by atoms with Crippen molar-refractivity contribution in [1.82, 2.24) is 9.97 Å². The van der Waals surface area contributed by atoms with Gasteiger partial charge >= 0.3 is 0 Å². The quantitative estimate of drug-likeness (QED) is 0.173. The van der Waals surface area contributed by atoms with E-state index in [0.29, 0.717) is 0 Å². The molecule has 0 atom stereocenters. The van der Waals surface area contributed by atoms with E-state index in [1.165, 1.54) is 5.56 Å².